The van der Waals surface area contributed by atoms with Gasteiger partial charge in [-0.3, -0.25) is 0 Å². The van der Waals surface area contributed by atoms with Crippen molar-refractivity contribution in [3.8, 4) is 5.75 Å². The van der Waals surface area contributed by atoms with E-state index < -0.39 is 0 Å². The first kappa shape index (κ1) is 14.3. The number of nitrogen functional groups attached to an aromatic ring is 1. The Bertz CT molecular complexity index is 693. The average molecular weight is 304 g/mol. The molecular formula is C14H17FN6O. The third kappa shape index (κ3) is 2.85. The molecule has 0 radical (unpaired) electrons. The predicted molar refractivity (Wildman–Crippen MR) is 81.5 cm³/mol. The van der Waals surface area contributed by atoms with Crippen molar-refractivity contribution in [3.63, 3.8) is 0 Å². The molecule has 1 aromatic heterocycles. The second-order valence-electron chi connectivity index (χ2n) is 5.19. The minimum atomic E-state index is -0.307. The summed E-state index contributed by atoms with van der Waals surface area (Å²) in [7, 11) is 3.66. The largest absolute Gasteiger partial charge is 0.490 e. The zero-order valence-corrected chi connectivity index (χ0v) is 12.5. The first-order valence-electron chi connectivity index (χ1n) is 6.88. The minimum absolute atomic E-state index is 0.168. The molecule has 3 rings (SSSR count). The van der Waals surface area contributed by atoms with Crippen LogP contribution in [0.25, 0.3) is 0 Å². The van der Waals surface area contributed by atoms with Crippen LogP contribution >= 0.6 is 0 Å². The van der Waals surface area contributed by atoms with Gasteiger partial charge in [-0.2, -0.15) is 15.0 Å². The van der Waals surface area contributed by atoms with Gasteiger partial charge in [0.1, 0.15) is 18.2 Å². The van der Waals surface area contributed by atoms with Crippen LogP contribution in [0.5, 0.6) is 5.75 Å². The minimum Gasteiger partial charge on any atom is -0.490 e. The van der Waals surface area contributed by atoms with Gasteiger partial charge in [-0.25, -0.2) is 4.39 Å². The molecule has 2 heterocycles. The van der Waals surface area contributed by atoms with E-state index in [1.165, 1.54) is 12.1 Å². The lowest BCUT2D eigenvalue weighted by Gasteiger charge is -2.30. The SMILES string of the molecule is CN(C)c1nc(N)nc(CN2CCOc3ccc(F)cc32)n1. The fourth-order valence-electron chi connectivity index (χ4n) is 2.28. The molecule has 8 heteroatoms. The number of fused-ring (bicyclic) bond motifs is 1. The molecule has 0 aliphatic carbocycles. The smallest absolute Gasteiger partial charge is 0.229 e. The van der Waals surface area contributed by atoms with E-state index in [4.69, 9.17) is 10.5 Å². The molecular weight excluding hydrogens is 287 g/mol. The van der Waals surface area contributed by atoms with Gasteiger partial charge in [-0.05, 0) is 12.1 Å². The van der Waals surface area contributed by atoms with Crippen LogP contribution in [0, 0.1) is 5.82 Å². The van der Waals surface area contributed by atoms with E-state index in [0.717, 1.165) is 0 Å². The first-order valence-corrected chi connectivity index (χ1v) is 6.88. The molecule has 0 saturated carbocycles. The highest BCUT2D eigenvalue weighted by atomic mass is 19.1. The summed E-state index contributed by atoms with van der Waals surface area (Å²) < 4.78 is 19.0. The van der Waals surface area contributed by atoms with Crippen molar-refractivity contribution in [2.45, 2.75) is 6.54 Å². The number of halogens is 1. The second kappa shape index (κ2) is 5.63. The Morgan fingerprint density at radius 3 is 2.91 bits per heavy atom. The Morgan fingerprint density at radius 1 is 1.32 bits per heavy atom. The highest BCUT2D eigenvalue weighted by molar-refractivity contribution is 5.60. The van der Waals surface area contributed by atoms with Gasteiger partial charge in [0.15, 0.2) is 5.82 Å². The highest BCUT2D eigenvalue weighted by Crippen LogP contribution is 2.32. The fourth-order valence-corrected chi connectivity index (χ4v) is 2.28. The molecule has 7 nitrogen and oxygen atoms in total. The summed E-state index contributed by atoms with van der Waals surface area (Å²) in [6.45, 7) is 1.56. The lowest BCUT2D eigenvalue weighted by molar-refractivity contribution is 0.305. The maximum atomic E-state index is 13.5. The number of hydrogen-bond acceptors (Lipinski definition) is 7. The molecule has 0 saturated heterocycles. The zero-order chi connectivity index (χ0) is 15.7. The highest BCUT2D eigenvalue weighted by Gasteiger charge is 2.20. The van der Waals surface area contributed by atoms with Crippen molar-refractivity contribution >= 4 is 17.6 Å². The Labute approximate surface area is 127 Å². The molecule has 22 heavy (non-hydrogen) atoms. The van der Waals surface area contributed by atoms with E-state index in [0.29, 0.717) is 42.9 Å². The van der Waals surface area contributed by atoms with Crippen molar-refractivity contribution in [2.75, 3.05) is 42.8 Å². The third-order valence-electron chi connectivity index (χ3n) is 3.30. The first-order chi connectivity index (χ1) is 10.5. The van der Waals surface area contributed by atoms with E-state index >= 15 is 0 Å². The lowest BCUT2D eigenvalue weighted by Crippen LogP contribution is -2.33. The fraction of sp³-hybridized carbons (Fsp3) is 0.357. The topological polar surface area (TPSA) is 80.4 Å². The molecule has 0 fully saturated rings. The van der Waals surface area contributed by atoms with Crippen LogP contribution in [0.3, 0.4) is 0 Å². The van der Waals surface area contributed by atoms with Gasteiger partial charge in [0, 0.05) is 20.2 Å². The number of nitrogens with zero attached hydrogens (tertiary/aromatic N) is 5. The van der Waals surface area contributed by atoms with E-state index in [-0.39, 0.29) is 11.8 Å². The molecule has 0 spiro atoms. The molecule has 0 unspecified atom stereocenters. The Kier molecular flexibility index (Phi) is 3.66. The molecule has 0 amide bonds. The van der Waals surface area contributed by atoms with E-state index in [1.54, 1.807) is 11.0 Å². The van der Waals surface area contributed by atoms with Crippen molar-refractivity contribution in [1.29, 1.82) is 0 Å². The second-order valence-corrected chi connectivity index (χ2v) is 5.19. The summed E-state index contributed by atoms with van der Waals surface area (Å²) in [6, 6.07) is 4.46. The molecule has 2 aromatic rings. The monoisotopic (exact) mass is 304 g/mol. The molecule has 0 bridgehead atoms. The van der Waals surface area contributed by atoms with E-state index in [9.17, 15) is 4.39 Å². The number of benzene rings is 1. The number of aromatic nitrogens is 3. The molecule has 116 valence electrons. The van der Waals surface area contributed by atoms with Crippen LogP contribution in [-0.2, 0) is 6.54 Å². The van der Waals surface area contributed by atoms with Gasteiger partial charge >= 0.3 is 0 Å². The van der Waals surface area contributed by atoms with Gasteiger partial charge < -0.3 is 20.3 Å². The summed E-state index contributed by atoms with van der Waals surface area (Å²) in [6.07, 6.45) is 0. The number of rotatable bonds is 3. The number of nitrogens with two attached hydrogens (primary N) is 1. The summed E-state index contributed by atoms with van der Waals surface area (Å²) in [4.78, 5) is 16.3. The maximum absolute atomic E-state index is 13.5. The van der Waals surface area contributed by atoms with Gasteiger partial charge in [0.2, 0.25) is 11.9 Å². The van der Waals surface area contributed by atoms with E-state index in [1.807, 2.05) is 19.0 Å². The van der Waals surface area contributed by atoms with Crippen molar-refractivity contribution in [1.82, 2.24) is 15.0 Å². The van der Waals surface area contributed by atoms with Gasteiger partial charge in [0.25, 0.3) is 0 Å². The summed E-state index contributed by atoms with van der Waals surface area (Å²) in [5.41, 5.74) is 6.42. The van der Waals surface area contributed by atoms with Crippen LogP contribution < -0.4 is 20.3 Å². The van der Waals surface area contributed by atoms with Gasteiger partial charge in [0.05, 0.1) is 18.8 Å². The number of anilines is 3. The van der Waals surface area contributed by atoms with Crippen LogP contribution in [0.1, 0.15) is 5.82 Å². The summed E-state index contributed by atoms with van der Waals surface area (Å²) in [5.74, 6) is 1.55. The van der Waals surface area contributed by atoms with E-state index in [2.05, 4.69) is 15.0 Å². The van der Waals surface area contributed by atoms with Crippen molar-refractivity contribution < 1.29 is 9.13 Å². The van der Waals surface area contributed by atoms with Gasteiger partial charge in [-0.15, -0.1) is 0 Å². The van der Waals surface area contributed by atoms with Crippen molar-refractivity contribution in [2.24, 2.45) is 0 Å². The standard InChI is InChI=1S/C14H17FN6O/c1-20(2)14-18-12(17-13(16)19-14)8-21-5-6-22-11-4-3-9(15)7-10(11)21/h3-4,7H,5-6,8H2,1-2H3,(H2,16,17,18,19). The molecule has 2 N–H and O–H groups in total. The number of hydrogen-bond donors (Lipinski definition) is 1. The summed E-state index contributed by atoms with van der Waals surface area (Å²) in [5, 5.41) is 0. The molecule has 0 atom stereocenters. The lowest BCUT2D eigenvalue weighted by atomic mass is 10.2. The Morgan fingerprint density at radius 2 is 2.14 bits per heavy atom. The Balaban J connectivity index is 1.90. The predicted octanol–water partition coefficient (Wildman–Crippen LogP) is 1.06. The third-order valence-corrected chi connectivity index (χ3v) is 3.30. The average Bonchev–Trinajstić information content (AvgIpc) is 2.47. The van der Waals surface area contributed by atoms with Crippen LogP contribution in [0.2, 0.25) is 0 Å². The Hall–Kier alpha value is -2.64. The maximum Gasteiger partial charge on any atom is 0.229 e. The molecule has 1 aromatic carbocycles. The van der Waals surface area contributed by atoms with Gasteiger partial charge in [-0.1, -0.05) is 0 Å². The van der Waals surface area contributed by atoms with Crippen molar-refractivity contribution in [3.05, 3.63) is 29.8 Å². The molecule has 1 aliphatic rings. The summed E-state index contributed by atoms with van der Waals surface area (Å²) >= 11 is 0. The zero-order valence-electron chi connectivity index (χ0n) is 12.5. The van der Waals surface area contributed by atoms with Crippen LogP contribution in [-0.4, -0.2) is 42.2 Å². The normalized spacial score (nSPS) is 13.5. The quantitative estimate of drug-likeness (QED) is 0.908. The number of ether oxygens (including phenoxy) is 1. The molecule has 1 aliphatic heterocycles. The van der Waals surface area contributed by atoms with Crippen LogP contribution in [0.15, 0.2) is 18.2 Å². The van der Waals surface area contributed by atoms with Crippen LogP contribution in [0.4, 0.5) is 22.0 Å².